The first-order chi connectivity index (χ1) is 13.8. The fourth-order valence-electron chi connectivity index (χ4n) is 3.16. The molecule has 2 aliphatic rings. The van der Waals surface area contributed by atoms with Crippen LogP contribution in [0.5, 0.6) is 0 Å². The van der Waals surface area contributed by atoms with Gasteiger partial charge in [0.1, 0.15) is 37.6 Å². The van der Waals surface area contributed by atoms with Gasteiger partial charge in [0.05, 0.1) is 6.10 Å². The van der Waals surface area contributed by atoms with E-state index in [2.05, 4.69) is 9.05 Å². The highest BCUT2D eigenvalue weighted by Gasteiger charge is 2.62. The van der Waals surface area contributed by atoms with Gasteiger partial charge in [-0.25, -0.2) is 9.13 Å². The molecule has 11 N–H and O–H groups in total. The first-order valence-corrected chi connectivity index (χ1v) is 11.6. The lowest BCUT2D eigenvalue weighted by molar-refractivity contribution is -0.318. The Morgan fingerprint density at radius 1 is 0.742 bits per heavy atom. The van der Waals surface area contributed by atoms with Crippen molar-refractivity contribution < 1.29 is 83.0 Å². The van der Waals surface area contributed by atoms with E-state index in [9.17, 15) is 44.9 Å². The topological polar surface area (TPSA) is 294 Å². The van der Waals surface area contributed by atoms with Gasteiger partial charge in [0.15, 0.2) is 5.79 Å². The molecule has 184 valence electrons. The number of aliphatic hydroxyl groups is 7. The number of phosphoric acid groups is 2. The summed E-state index contributed by atoms with van der Waals surface area (Å²) in [5, 5.41) is 70.5. The number of rotatable bonds is 9. The van der Waals surface area contributed by atoms with Gasteiger partial charge in [0.25, 0.3) is 0 Å². The van der Waals surface area contributed by atoms with Crippen LogP contribution in [0.2, 0.25) is 0 Å². The Balaban J connectivity index is 2.04. The van der Waals surface area contributed by atoms with Gasteiger partial charge in [-0.15, -0.1) is 0 Å². The van der Waals surface area contributed by atoms with Crippen LogP contribution >= 0.6 is 15.6 Å². The molecule has 0 spiro atoms. The second kappa shape index (κ2) is 8.90. The fourth-order valence-corrected chi connectivity index (χ4v) is 3.86. The minimum absolute atomic E-state index is 0.536. The van der Waals surface area contributed by atoms with E-state index in [4.69, 9.17) is 29.0 Å². The second-order valence-corrected chi connectivity index (χ2v) is 9.66. The summed E-state index contributed by atoms with van der Waals surface area (Å²) in [7, 11) is -10.2. The molecule has 0 saturated carbocycles. The van der Waals surface area contributed by atoms with Gasteiger partial charge in [-0.2, -0.15) is 0 Å². The minimum Gasteiger partial charge on any atom is -0.387 e. The van der Waals surface area contributed by atoms with Crippen molar-refractivity contribution in [1.82, 2.24) is 0 Å². The molecule has 19 heteroatoms. The van der Waals surface area contributed by atoms with Crippen molar-refractivity contribution in [1.29, 1.82) is 0 Å². The van der Waals surface area contributed by atoms with Gasteiger partial charge < -0.3 is 64.8 Å². The number of phosphoric ester groups is 2. The zero-order chi connectivity index (χ0) is 24.0. The van der Waals surface area contributed by atoms with Crippen molar-refractivity contribution in [2.45, 2.75) is 60.7 Å². The molecule has 2 fully saturated rings. The molecule has 2 rings (SSSR count). The summed E-state index contributed by atoms with van der Waals surface area (Å²) >= 11 is 0. The summed E-state index contributed by atoms with van der Waals surface area (Å²) in [5.41, 5.74) is 0. The van der Waals surface area contributed by atoms with Crippen molar-refractivity contribution >= 4 is 15.6 Å². The van der Waals surface area contributed by atoms with Crippen molar-refractivity contribution in [2.75, 3.05) is 13.2 Å². The van der Waals surface area contributed by atoms with E-state index in [1.165, 1.54) is 0 Å². The third kappa shape index (κ3) is 6.26. The molecule has 0 aromatic carbocycles. The molecule has 0 amide bonds. The maximum atomic E-state index is 10.8. The third-order valence-electron chi connectivity index (χ3n) is 4.77. The van der Waals surface area contributed by atoms with E-state index < -0.39 is 89.6 Å². The minimum atomic E-state index is -5.12. The van der Waals surface area contributed by atoms with Crippen LogP contribution in [0.1, 0.15) is 12.8 Å². The van der Waals surface area contributed by atoms with Gasteiger partial charge in [0, 0.05) is 6.42 Å². The van der Waals surface area contributed by atoms with Crippen LogP contribution in [0, 0.1) is 0 Å². The van der Waals surface area contributed by atoms with Crippen molar-refractivity contribution in [3.05, 3.63) is 0 Å². The van der Waals surface area contributed by atoms with E-state index in [-0.39, 0.29) is 0 Å². The molecule has 0 aliphatic carbocycles. The van der Waals surface area contributed by atoms with E-state index in [1.807, 2.05) is 0 Å². The summed E-state index contributed by atoms with van der Waals surface area (Å²) < 4.78 is 39.4. The van der Waals surface area contributed by atoms with Crippen molar-refractivity contribution in [3.63, 3.8) is 0 Å². The van der Waals surface area contributed by atoms with Crippen LogP contribution in [0.25, 0.3) is 0 Å². The summed E-state index contributed by atoms with van der Waals surface area (Å²) in [5.74, 6) is -8.45. The molecule has 0 unspecified atom stereocenters. The summed E-state index contributed by atoms with van der Waals surface area (Å²) in [6, 6.07) is 0. The first kappa shape index (κ1) is 27.1. The number of hydrogen-bond acceptors (Lipinski definition) is 13. The normalized spacial score (nSPS) is 44.2. The Kier molecular flexibility index (Phi) is 7.78. The van der Waals surface area contributed by atoms with Gasteiger partial charge in [-0.1, -0.05) is 0 Å². The summed E-state index contributed by atoms with van der Waals surface area (Å²) in [6.45, 7) is -2.59. The zero-order valence-corrected chi connectivity index (χ0v) is 17.3. The van der Waals surface area contributed by atoms with Crippen LogP contribution < -0.4 is 0 Å². The van der Waals surface area contributed by atoms with Gasteiger partial charge in [-0.05, 0) is 6.42 Å². The molecule has 17 nitrogen and oxygen atoms in total. The smallest absolute Gasteiger partial charge is 0.387 e. The molecular formula is C12H24O17P2. The molecule has 0 radical (unpaired) electrons. The highest BCUT2D eigenvalue weighted by Crippen LogP contribution is 2.44. The highest BCUT2D eigenvalue weighted by molar-refractivity contribution is 7.46. The molecular weight excluding hydrogens is 478 g/mol. The Bertz CT molecular complexity index is 739. The van der Waals surface area contributed by atoms with Crippen LogP contribution in [0.3, 0.4) is 0 Å². The average Bonchev–Trinajstić information content (AvgIpc) is 2.95. The SMILES string of the molecule is O=P(O)(O)OC[C@@]1(O)O[C@H](CC[C@@]2(O)O[C@](O)(COP(=O)(O)O)[C@@H](O)[C@@H]2O)[C@@H](O)[C@@H]1O. The summed E-state index contributed by atoms with van der Waals surface area (Å²) in [4.78, 5) is 34.7. The van der Waals surface area contributed by atoms with Gasteiger partial charge in [0.2, 0.25) is 11.6 Å². The largest absolute Gasteiger partial charge is 0.469 e. The van der Waals surface area contributed by atoms with Crippen LogP contribution in [-0.4, -0.2) is 116 Å². The van der Waals surface area contributed by atoms with Gasteiger partial charge in [-0.3, -0.25) is 9.05 Å². The van der Waals surface area contributed by atoms with Crippen LogP contribution in [-0.2, 0) is 27.7 Å². The highest BCUT2D eigenvalue weighted by atomic mass is 31.2. The molecule has 8 atom stereocenters. The first-order valence-electron chi connectivity index (χ1n) is 8.49. The standard InChI is InChI=1S/C12H24O17P2/c13-6-5(28-11(18,7(6)14)3-26-30(20,21)22)1-2-10(17)8(15)9(16)12(19,29-10)4-27-31(23,24)25/h5-9,13-19H,1-4H2,(H2,20,21,22)(H2,23,24,25)/t5-,6-,7+,8+,9+,10-,11-,12-/m1/s1. The van der Waals surface area contributed by atoms with Crippen molar-refractivity contribution in [3.8, 4) is 0 Å². The number of aliphatic hydroxyl groups excluding tert-OH is 4. The lowest BCUT2D eigenvalue weighted by atomic mass is 9.96. The number of hydrogen-bond donors (Lipinski definition) is 11. The monoisotopic (exact) mass is 502 g/mol. The molecule has 0 bridgehead atoms. The summed E-state index contributed by atoms with van der Waals surface area (Å²) in [6.07, 6.45) is -11.3. The maximum absolute atomic E-state index is 10.8. The Morgan fingerprint density at radius 3 is 1.68 bits per heavy atom. The van der Waals surface area contributed by atoms with E-state index >= 15 is 0 Å². The fraction of sp³-hybridized carbons (Fsp3) is 1.00. The zero-order valence-electron chi connectivity index (χ0n) is 15.5. The third-order valence-corrected chi connectivity index (χ3v) is 5.70. The van der Waals surface area contributed by atoms with Gasteiger partial charge >= 0.3 is 15.6 Å². The van der Waals surface area contributed by atoms with Crippen LogP contribution in [0.15, 0.2) is 0 Å². The molecule has 0 aromatic rings. The van der Waals surface area contributed by atoms with Crippen molar-refractivity contribution in [2.24, 2.45) is 0 Å². The molecule has 2 aliphatic heterocycles. The molecule has 0 aromatic heterocycles. The Labute approximate surface area is 173 Å². The predicted octanol–water partition coefficient (Wildman–Crippen LogP) is -5.08. The van der Waals surface area contributed by atoms with Crippen LogP contribution in [0.4, 0.5) is 0 Å². The molecule has 31 heavy (non-hydrogen) atoms. The lowest BCUT2D eigenvalue weighted by Crippen LogP contribution is -2.46. The lowest BCUT2D eigenvalue weighted by Gasteiger charge is -2.29. The maximum Gasteiger partial charge on any atom is 0.469 e. The second-order valence-electron chi connectivity index (χ2n) is 7.18. The molecule has 2 saturated heterocycles. The quantitative estimate of drug-likeness (QED) is 0.131. The Hall–Kier alpha value is -0.140. The van der Waals surface area contributed by atoms with E-state index in [0.29, 0.717) is 0 Å². The molecule has 2 heterocycles. The predicted molar refractivity (Wildman–Crippen MR) is 90.1 cm³/mol. The number of ether oxygens (including phenoxy) is 2. The van der Waals surface area contributed by atoms with E-state index in [1.54, 1.807) is 0 Å². The Morgan fingerprint density at radius 2 is 1.19 bits per heavy atom. The average molecular weight is 502 g/mol. The van der Waals surface area contributed by atoms with E-state index in [0.717, 1.165) is 0 Å².